The maximum absolute atomic E-state index is 12.4. The molecule has 0 aromatic carbocycles. The first-order valence-corrected chi connectivity index (χ1v) is 4.52. The van der Waals surface area contributed by atoms with E-state index < -0.39 is 24.7 Å². The third-order valence-corrected chi connectivity index (χ3v) is 2.61. The van der Waals surface area contributed by atoms with Gasteiger partial charge in [-0.15, -0.1) is 11.3 Å². The van der Waals surface area contributed by atoms with E-state index in [4.69, 9.17) is 5.11 Å². The highest BCUT2D eigenvalue weighted by molar-refractivity contribution is 7.10. The second kappa shape index (κ2) is 4.32. The molecule has 1 aromatic rings. The van der Waals surface area contributed by atoms with Gasteiger partial charge < -0.3 is 5.11 Å². The summed E-state index contributed by atoms with van der Waals surface area (Å²) in [5.74, 6) is -2.36. The summed E-state index contributed by atoms with van der Waals surface area (Å²) in [5.41, 5.74) is 0. The van der Waals surface area contributed by atoms with Gasteiger partial charge in [0, 0.05) is 4.88 Å². The summed E-state index contributed by atoms with van der Waals surface area (Å²) >= 11 is 1.16. The summed E-state index contributed by atoms with van der Waals surface area (Å²) in [7, 11) is 0. The molecular weight excluding hydrogens is 198 g/mol. The first-order valence-electron chi connectivity index (χ1n) is 3.64. The van der Waals surface area contributed by atoms with Crippen LogP contribution in [0.2, 0.25) is 0 Å². The third-order valence-electron chi connectivity index (χ3n) is 1.61. The quantitative estimate of drug-likeness (QED) is 0.822. The van der Waals surface area contributed by atoms with E-state index in [2.05, 4.69) is 0 Å². The van der Waals surface area contributed by atoms with Gasteiger partial charge in [-0.05, 0) is 11.4 Å². The standard InChI is InChI=1S/C8H8F2O2S/c9-8(10)5(4-7(11)12)6-2-1-3-13-6/h1-3,5,8H,4H2,(H,11,12). The highest BCUT2D eigenvalue weighted by Crippen LogP contribution is 2.29. The normalized spacial score (nSPS) is 13.2. The number of carboxylic acids is 1. The number of carbonyl (C=O) groups is 1. The largest absolute Gasteiger partial charge is 0.481 e. The Bertz CT molecular complexity index is 272. The van der Waals surface area contributed by atoms with Crippen LogP contribution in [-0.4, -0.2) is 17.5 Å². The van der Waals surface area contributed by atoms with Crippen LogP contribution in [0, 0.1) is 0 Å². The first kappa shape index (κ1) is 10.1. The third kappa shape index (κ3) is 2.77. The molecule has 72 valence electrons. The topological polar surface area (TPSA) is 37.3 Å². The molecule has 5 heteroatoms. The van der Waals surface area contributed by atoms with Crippen LogP contribution >= 0.6 is 11.3 Å². The summed E-state index contributed by atoms with van der Waals surface area (Å²) in [6.45, 7) is 0. The van der Waals surface area contributed by atoms with Crippen molar-refractivity contribution in [1.82, 2.24) is 0 Å². The molecule has 0 aliphatic heterocycles. The van der Waals surface area contributed by atoms with Gasteiger partial charge in [0.1, 0.15) is 0 Å². The molecule has 1 rings (SSSR count). The van der Waals surface area contributed by atoms with E-state index in [-0.39, 0.29) is 0 Å². The average Bonchev–Trinajstić information content (AvgIpc) is 2.50. The molecule has 0 radical (unpaired) electrons. The zero-order valence-corrected chi connectivity index (χ0v) is 7.43. The molecular formula is C8H8F2O2S. The van der Waals surface area contributed by atoms with Gasteiger partial charge in [-0.1, -0.05) is 6.07 Å². The van der Waals surface area contributed by atoms with Crippen molar-refractivity contribution in [3.05, 3.63) is 22.4 Å². The summed E-state index contributed by atoms with van der Waals surface area (Å²) in [6.07, 6.45) is -3.13. The molecule has 0 amide bonds. The SMILES string of the molecule is O=C(O)CC(c1cccs1)C(F)F. The number of thiophene rings is 1. The van der Waals surface area contributed by atoms with E-state index in [9.17, 15) is 13.6 Å². The number of carboxylic acid groups (broad SMARTS) is 1. The van der Waals surface area contributed by atoms with Crippen LogP contribution in [-0.2, 0) is 4.79 Å². The lowest BCUT2D eigenvalue weighted by Crippen LogP contribution is -2.12. The number of hydrogen-bond acceptors (Lipinski definition) is 2. The molecule has 1 heterocycles. The second-order valence-corrected chi connectivity index (χ2v) is 3.53. The molecule has 0 saturated carbocycles. The summed E-state index contributed by atoms with van der Waals surface area (Å²) in [4.78, 5) is 10.7. The molecule has 0 spiro atoms. The Morgan fingerprint density at radius 2 is 2.31 bits per heavy atom. The van der Waals surface area contributed by atoms with E-state index in [1.807, 2.05) is 0 Å². The van der Waals surface area contributed by atoms with Crippen molar-refractivity contribution in [1.29, 1.82) is 0 Å². The van der Waals surface area contributed by atoms with Gasteiger partial charge in [0.2, 0.25) is 6.43 Å². The van der Waals surface area contributed by atoms with Crippen molar-refractivity contribution < 1.29 is 18.7 Å². The molecule has 1 atom stereocenters. The Hall–Kier alpha value is -0.970. The molecule has 0 aliphatic rings. The van der Waals surface area contributed by atoms with Crippen molar-refractivity contribution in [2.24, 2.45) is 0 Å². The highest BCUT2D eigenvalue weighted by atomic mass is 32.1. The number of hydrogen-bond donors (Lipinski definition) is 1. The fraction of sp³-hybridized carbons (Fsp3) is 0.375. The van der Waals surface area contributed by atoms with Crippen LogP contribution < -0.4 is 0 Å². The Kier molecular flexibility index (Phi) is 3.36. The van der Waals surface area contributed by atoms with Crippen LogP contribution in [0.1, 0.15) is 17.2 Å². The van der Waals surface area contributed by atoms with Gasteiger partial charge in [-0.25, -0.2) is 8.78 Å². The van der Waals surface area contributed by atoms with Gasteiger partial charge in [0.05, 0.1) is 12.3 Å². The first-order chi connectivity index (χ1) is 6.11. The van der Waals surface area contributed by atoms with Gasteiger partial charge in [-0.3, -0.25) is 4.79 Å². The van der Waals surface area contributed by atoms with Crippen LogP contribution in [0.5, 0.6) is 0 Å². The summed E-state index contributed by atoms with van der Waals surface area (Å²) in [6, 6.07) is 3.17. The number of aliphatic carboxylic acids is 1. The molecule has 13 heavy (non-hydrogen) atoms. The van der Waals surface area contributed by atoms with Gasteiger partial charge in [0.25, 0.3) is 0 Å². The molecule has 2 nitrogen and oxygen atoms in total. The summed E-state index contributed by atoms with van der Waals surface area (Å²) < 4.78 is 24.7. The predicted octanol–water partition coefficient (Wildman–Crippen LogP) is 2.57. The Morgan fingerprint density at radius 3 is 2.69 bits per heavy atom. The van der Waals surface area contributed by atoms with Gasteiger partial charge in [0.15, 0.2) is 0 Å². The van der Waals surface area contributed by atoms with Gasteiger partial charge in [-0.2, -0.15) is 0 Å². The van der Waals surface area contributed by atoms with Crippen molar-refractivity contribution in [3.8, 4) is 0 Å². The van der Waals surface area contributed by atoms with Crippen molar-refractivity contribution in [3.63, 3.8) is 0 Å². The minimum Gasteiger partial charge on any atom is -0.481 e. The predicted molar refractivity (Wildman–Crippen MR) is 45.3 cm³/mol. The number of halogens is 2. The average molecular weight is 206 g/mol. The smallest absolute Gasteiger partial charge is 0.304 e. The molecule has 1 N–H and O–H groups in total. The monoisotopic (exact) mass is 206 g/mol. The lowest BCUT2D eigenvalue weighted by Gasteiger charge is -2.10. The molecule has 1 unspecified atom stereocenters. The minimum atomic E-state index is -2.62. The van der Waals surface area contributed by atoms with Crippen LogP contribution in [0.25, 0.3) is 0 Å². The lowest BCUT2D eigenvalue weighted by molar-refractivity contribution is -0.138. The second-order valence-electron chi connectivity index (χ2n) is 2.55. The fourth-order valence-electron chi connectivity index (χ4n) is 1.00. The maximum atomic E-state index is 12.4. The Morgan fingerprint density at radius 1 is 1.62 bits per heavy atom. The van der Waals surface area contributed by atoms with E-state index in [0.717, 1.165) is 11.3 Å². The molecule has 0 bridgehead atoms. The van der Waals surface area contributed by atoms with E-state index in [1.54, 1.807) is 11.4 Å². The molecule has 0 aliphatic carbocycles. The van der Waals surface area contributed by atoms with E-state index in [1.165, 1.54) is 6.07 Å². The van der Waals surface area contributed by atoms with Crippen molar-refractivity contribution >= 4 is 17.3 Å². The van der Waals surface area contributed by atoms with Crippen LogP contribution in [0.3, 0.4) is 0 Å². The molecule has 1 aromatic heterocycles. The van der Waals surface area contributed by atoms with Crippen molar-refractivity contribution in [2.75, 3.05) is 0 Å². The van der Waals surface area contributed by atoms with E-state index >= 15 is 0 Å². The van der Waals surface area contributed by atoms with Crippen molar-refractivity contribution in [2.45, 2.75) is 18.8 Å². The summed E-state index contributed by atoms with van der Waals surface area (Å²) in [5, 5.41) is 10.1. The van der Waals surface area contributed by atoms with Crippen LogP contribution in [0.4, 0.5) is 8.78 Å². The van der Waals surface area contributed by atoms with Crippen LogP contribution in [0.15, 0.2) is 17.5 Å². The minimum absolute atomic E-state index is 0.428. The van der Waals surface area contributed by atoms with E-state index in [0.29, 0.717) is 4.88 Å². The van der Waals surface area contributed by atoms with Gasteiger partial charge >= 0.3 is 5.97 Å². The number of alkyl halides is 2. The Labute approximate surface area is 77.8 Å². The fourth-order valence-corrected chi connectivity index (χ4v) is 1.84. The zero-order chi connectivity index (χ0) is 9.84. The lowest BCUT2D eigenvalue weighted by atomic mass is 10.0. The molecule has 0 fully saturated rings. The highest BCUT2D eigenvalue weighted by Gasteiger charge is 2.25. The number of rotatable bonds is 4. The Balaban J connectivity index is 2.74. The maximum Gasteiger partial charge on any atom is 0.304 e. The molecule has 0 saturated heterocycles. The zero-order valence-electron chi connectivity index (χ0n) is 6.61.